The number of ether oxygens (including phenoxy) is 1. The van der Waals surface area contributed by atoms with Gasteiger partial charge in [0, 0.05) is 5.56 Å². The van der Waals surface area contributed by atoms with E-state index in [1.54, 1.807) is 31.2 Å². The van der Waals surface area contributed by atoms with Crippen LogP contribution in [0.4, 0.5) is 11.5 Å². The summed E-state index contributed by atoms with van der Waals surface area (Å²) in [5.41, 5.74) is 6.44. The van der Waals surface area contributed by atoms with Crippen molar-refractivity contribution in [2.24, 2.45) is 0 Å². The highest BCUT2D eigenvalue weighted by Crippen LogP contribution is 2.17. The van der Waals surface area contributed by atoms with Crippen molar-refractivity contribution in [1.29, 1.82) is 0 Å². The fourth-order valence-electron chi connectivity index (χ4n) is 1.88. The van der Waals surface area contributed by atoms with Crippen LogP contribution in [-0.4, -0.2) is 34.2 Å². The number of H-pyrrole nitrogens is 1. The Morgan fingerprint density at radius 1 is 1.32 bits per heavy atom. The summed E-state index contributed by atoms with van der Waals surface area (Å²) in [6.07, 6.45) is 0. The molecule has 0 atom stereocenters. The van der Waals surface area contributed by atoms with Gasteiger partial charge in [0.25, 0.3) is 11.5 Å². The van der Waals surface area contributed by atoms with Crippen molar-refractivity contribution in [1.82, 2.24) is 9.97 Å². The van der Waals surface area contributed by atoms with Crippen LogP contribution in [0.25, 0.3) is 0 Å². The highest BCUT2D eigenvalue weighted by Gasteiger charge is 2.14. The van der Waals surface area contributed by atoms with E-state index in [-0.39, 0.29) is 29.0 Å². The number of carbonyl (C=O) groups is 2. The molecule has 0 aliphatic carbocycles. The first kappa shape index (κ1) is 18.5. The fraction of sp³-hybridized carbons (Fsp3) is 0.250. The molecule has 0 radical (unpaired) electrons. The van der Waals surface area contributed by atoms with Crippen molar-refractivity contribution >= 4 is 35.1 Å². The second kappa shape index (κ2) is 8.34. The largest absolute Gasteiger partial charge is 0.465 e. The van der Waals surface area contributed by atoms with E-state index in [0.29, 0.717) is 5.56 Å². The topological polar surface area (TPSA) is 127 Å². The number of nitrogens with zero attached hydrogens (tertiary/aromatic N) is 1. The number of hydrogen-bond acceptors (Lipinski definition) is 7. The number of nitrogens with one attached hydrogen (secondary N) is 2. The minimum absolute atomic E-state index is 0.00864. The molecule has 9 heteroatoms. The van der Waals surface area contributed by atoms with Crippen LogP contribution < -0.4 is 16.6 Å². The molecular weight excluding hydrogens is 344 g/mol. The van der Waals surface area contributed by atoms with E-state index < -0.39 is 17.4 Å². The summed E-state index contributed by atoms with van der Waals surface area (Å²) >= 11 is 0.988. The van der Waals surface area contributed by atoms with Crippen molar-refractivity contribution in [2.45, 2.75) is 19.0 Å². The maximum atomic E-state index is 12.2. The molecule has 2 rings (SSSR count). The Kier molecular flexibility index (Phi) is 6.18. The van der Waals surface area contributed by atoms with Gasteiger partial charge < -0.3 is 15.8 Å². The molecule has 132 valence electrons. The second-order valence-electron chi connectivity index (χ2n) is 5.05. The number of benzene rings is 1. The summed E-state index contributed by atoms with van der Waals surface area (Å²) in [5.74, 6) is -1.03. The van der Waals surface area contributed by atoms with Gasteiger partial charge in [0.05, 0.1) is 12.4 Å². The van der Waals surface area contributed by atoms with Crippen molar-refractivity contribution < 1.29 is 14.3 Å². The van der Waals surface area contributed by atoms with E-state index in [9.17, 15) is 14.4 Å². The first-order valence-electron chi connectivity index (χ1n) is 7.47. The number of aromatic nitrogens is 2. The zero-order valence-electron chi connectivity index (χ0n) is 13.8. The number of rotatable bonds is 6. The van der Waals surface area contributed by atoms with E-state index >= 15 is 0 Å². The van der Waals surface area contributed by atoms with Gasteiger partial charge in [-0.15, -0.1) is 0 Å². The smallest absolute Gasteiger partial charge is 0.316 e. The van der Waals surface area contributed by atoms with Crippen molar-refractivity contribution in [3.63, 3.8) is 0 Å². The quantitative estimate of drug-likeness (QED) is 0.404. The summed E-state index contributed by atoms with van der Waals surface area (Å²) in [7, 11) is 0. The molecule has 0 saturated carbocycles. The third kappa shape index (κ3) is 5.08. The van der Waals surface area contributed by atoms with Crippen LogP contribution in [0.3, 0.4) is 0 Å². The Hall–Kier alpha value is -2.81. The van der Waals surface area contributed by atoms with Crippen LogP contribution in [0.15, 0.2) is 34.2 Å². The molecule has 1 aromatic heterocycles. The van der Waals surface area contributed by atoms with Crippen LogP contribution in [0.1, 0.15) is 22.8 Å². The number of aryl methyl sites for hydroxylation is 1. The highest BCUT2D eigenvalue weighted by molar-refractivity contribution is 7.99. The number of anilines is 2. The molecule has 0 unspecified atom stereocenters. The lowest BCUT2D eigenvalue weighted by atomic mass is 10.1. The summed E-state index contributed by atoms with van der Waals surface area (Å²) in [4.78, 5) is 42.1. The van der Waals surface area contributed by atoms with Crippen LogP contribution in [0, 0.1) is 6.92 Å². The normalized spacial score (nSPS) is 10.3. The molecular formula is C16H18N4O4S. The third-order valence-electron chi connectivity index (χ3n) is 3.11. The molecule has 0 saturated heterocycles. The zero-order chi connectivity index (χ0) is 18.4. The monoisotopic (exact) mass is 362 g/mol. The average molecular weight is 362 g/mol. The molecule has 0 bridgehead atoms. The molecule has 4 N–H and O–H groups in total. The van der Waals surface area contributed by atoms with Gasteiger partial charge in [0.2, 0.25) is 0 Å². The van der Waals surface area contributed by atoms with Gasteiger partial charge in [-0.3, -0.25) is 19.4 Å². The van der Waals surface area contributed by atoms with Gasteiger partial charge in [-0.25, -0.2) is 4.98 Å². The van der Waals surface area contributed by atoms with Gasteiger partial charge in [-0.2, -0.15) is 0 Å². The molecule has 1 amide bonds. The summed E-state index contributed by atoms with van der Waals surface area (Å²) in [6, 6.07) is 6.86. The Labute approximate surface area is 148 Å². The molecule has 0 aliphatic heterocycles. The van der Waals surface area contributed by atoms with E-state index in [1.165, 1.54) is 0 Å². The maximum Gasteiger partial charge on any atom is 0.316 e. The van der Waals surface area contributed by atoms with E-state index in [1.807, 2.05) is 6.92 Å². The van der Waals surface area contributed by atoms with Crippen LogP contribution in [-0.2, 0) is 9.53 Å². The molecule has 25 heavy (non-hydrogen) atoms. The Balaban J connectivity index is 2.11. The number of nitrogen functional groups attached to an aromatic ring is 1. The Morgan fingerprint density at radius 2 is 2.00 bits per heavy atom. The lowest BCUT2D eigenvalue weighted by molar-refractivity contribution is -0.139. The Morgan fingerprint density at radius 3 is 2.60 bits per heavy atom. The summed E-state index contributed by atoms with van der Waals surface area (Å²) in [6.45, 7) is 3.88. The molecule has 1 aromatic carbocycles. The van der Waals surface area contributed by atoms with E-state index in [4.69, 9.17) is 10.5 Å². The minimum Gasteiger partial charge on any atom is -0.465 e. The van der Waals surface area contributed by atoms with Gasteiger partial charge in [-0.1, -0.05) is 29.5 Å². The molecule has 0 fully saturated rings. The van der Waals surface area contributed by atoms with Crippen molar-refractivity contribution in [3.05, 3.63) is 45.7 Å². The number of carbonyl (C=O) groups excluding carboxylic acids is 2. The first-order chi connectivity index (χ1) is 11.9. The number of hydrogen-bond donors (Lipinski definition) is 3. The van der Waals surface area contributed by atoms with Gasteiger partial charge in [0.15, 0.2) is 11.0 Å². The SMILES string of the molecule is CCOC(=O)CSc1nc(N)c(NC(=O)c2ccc(C)cc2)c(=O)[nH]1. The molecule has 0 spiro atoms. The van der Waals surface area contributed by atoms with Gasteiger partial charge >= 0.3 is 5.97 Å². The first-order valence-corrected chi connectivity index (χ1v) is 8.45. The minimum atomic E-state index is -0.598. The van der Waals surface area contributed by atoms with E-state index in [0.717, 1.165) is 17.3 Å². The van der Waals surface area contributed by atoms with Crippen molar-refractivity contribution in [2.75, 3.05) is 23.4 Å². The van der Waals surface area contributed by atoms with Crippen LogP contribution >= 0.6 is 11.8 Å². The summed E-state index contributed by atoms with van der Waals surface area (Å²) < 4.78 is 4.79. The molecule has 2 aromatic rings. The molecule has 8 nitrogen and oxygen atoms in total. The third-order valence-corrected chi connectivity index (χ3v) is 3.96. The second-order valence-corrected chi connectivity index (χ2v) is 6.01. The fourth-order valence-corrected chi connectivity index (χ4v) is 2.54. The van der Waals surface area contributed by atoms with Crippen molar-refractivity contribution in [3.8, 4) is 0 Å². The predicted molar refractivity (Wildman–Crippen MR) is 95.8 cm³/mol. The van der Waals surface area contributed by atoms with Crippen LogP contribution in [0.2, 0.25) is 0 Å². The number of aromatic amines is 1. The molecule has 0 aliphatic rings. The van der Waals surface area contributed by atoms with E-state index in [2.05, 4.69) is 15.3 Å². The zero-order valence-corrected chi connectivity index (χ0v) is 14.6. The number of nitrogens with two attached hydrogens (primary N) is 1. The van der Waals surface area contributed by atoms with Crippen LogP contribution in [0.5, 0.6) is 0 Å². The summed E-state index contributed by atoms with van der Waals surface area (Å²) in [5, 5.41) is 2.63. The highest BCUT2D eigenvalue weighted by atomic mass is 32.2. The average Bonchev–Trinajstić information content (AvgIpc) is 2.57. The lowest BCUT2D eigenvalue weighted by Crippen LogP contribution is -2.23. The number of amides is 1. The lowest BCUT2D eigenvalue weighted by Gasteiger charge is -2.08. The van der Waals surface area contributed by atoms with Gasteiger partial charge in [-0.05, 0) is 26.0 Å². The number of thioether (sulfide) groups is 1. The standard InChI is InChI=1S/C16H18N4O4S/c1-3-24-11(21)8-25-16-19-13(17)12(15(23)20-16)18-14(22)10-6-4-9(2)5-7-10/h4-7H,3,8H2,1-2H3,(H,18,22)(H3,17,19,20,23). The predicted octanol–water partition coefficient (Wildman–Crippen LogP) is 1.57. The molecule has 1 heterocycles. The van der Waals surface area contributed by atoms with Gasteiger partial charge in [0.1, 0.15) is 5.69 Å². The Bertz CT molecular complexity index is 833. The maximum absolute atomic E-state index is 12.2. The number of esters is 1.